The van der Waals surface area contributed by atoms with Gasteiger partial charge in [0.25, 0.3) is 0 Å². The minimum absolute atomic E-state index is 0.669. The van der Waals surface area contributed by atoms with Crippen molar-refractivity contribution >= 4 is 16.9 Å². The van der Waals surface area contributed by atoms with Gasteiger partial charge in [-0.2, -0.15) is 0 Å². The second-order valence-electron chi connectivity index (χ2n) is 6.15. The molecule has 1 fully saturated rings. The van der Waals surface area contributed by atoms with Gasteiger partial charge in [0, 0.05) is 38.8 Å². The highest BCUT2D eigenvalue weighted by atomic mass is 16.5. The Morgan fingerprint density at radius 1 is 0.920 bits per heavy atom. The van der Waals surface area contributed by atoms with Gasteiger partial charge in [0.1, 0.15) is 5.82 Å². The molecule has 1 saturated heterocycles. The average Bonchev–Trinajstić information content (AvgIpc) is 2.68. The molecule has 128 valence electrons. The fraction of sp³-hybridized carbons (Fsp3) is 0.316. The first-order valence-electron chi connectivity index (χ1n) is 8.51. The lowest BCUT2D eigenvalue weighted by molar-refractivity contribution is 0.245. The summed E-state index contributed by atoms with van der Waals surface area (Å²) in [6.07, 6.45) is 1.88. The molecule has 0 bridgehead atoms. The molecular weight excluding hydrogens is 314 g/mol. The van der Waals surface area contributed by atoms with E-state index in [0.29, 0.717) is 5.88 Å². The van der Waals surface area contributed by atoms with E-state index in [9.17, 15) is 0 Å². The molecule has 2 aromatic heterocycles. The number of ether oxygens (including phenoxy) is 1. The summed E-state index contributed by atoms with van der Waals surface area (Å²) in [7, 11) is 1.65. The summed E-state index contributed by atoms with van der Waals surface area (Å²) in [5, 5.41) is 0. The van der Waals surface area contributed by atoms with Crippen LogP contribution in [0.15, 0.2) is 48.7 Å². The summed E-state index contributed by atoms with van der Waals surface area (Å²) in [4.78, 5) is 18.5. The summed E-state index contributed by atoms with van der Waals surface area (Å²) in [6.45, 7) is 4.68. The Morgan fingerprint density at radius 3 is 2.52 bits per heavy atom. The number of aromatic nitrogens is 3. The Kier molecular flexibility index (Phi) is 4.43. The summed E-state index contributed by atoms with van der Waals surface area (Å²) in [5.74, 6) is 1.63. The first-order valence-corrected chi connectivity index (χ1v) is 8.51. The topological polar surface area (TPSA) is 54.4 Å². The number of hydrogen-bond donors (Lipinski definition) is 0. The van der Waals surface area contributed by atoms with E-state index in [1.165, 1.54) is 0 Å². The van der Waals surface area contributed by atoms with Crippen molar-refractivity contribution in [2.75, 3.05) is 38.2 Å². The van der Waals surface area contributed by atoms with Crippen LogP contribution in [0, 0.1) is 0 Å². The summed E-state index contributed by atoms with van der Waals surface area (Å²) >= 11 is 0. The van der Waals surface area contributed by atoms with E-state index >= 15 is 0 Å². The van der Waals surface area contributed by atoms with E-state index in [1.807, 2.05) is 48.7 Å². The van der Waals surface area contributed by atoms with Crippen molar-refractivity contribution < 1.29 is 4.74 Å². The zero-order chi connectivity index (χ0) is 17.1. The van der Waals surface area contributed by atoms with Crippen molar-refractivity contribution in [3.8, 4) is 5.88 Å². The van der Waals surface area contributed by atoms with Crippen molar-refractivity contribution in [2.45, 2.75) is 6.54 Å². The summed E-state index contributed by atoms with van der Waals surface area (Å²) < 4.78 is 5.20. The highest BCUT2D eigenvalue weighted by Crippen LogP contribution is 2.18. The number of rotatable bonds is 4. The van der Waals surface area contributed by atoms with E-state index in [4.69, 9.17) is 9.72 Å². The fourth-order valence-corrected chi connectivity index (χ4v) is 3.12. The van der Waals surface area contributed by atoms with E-state index in [0.717, 1.165) is 55.3 Å². The Labute approximate surface area is 147 Å². The molecule has 0 amide bonds. The maximum atomic E-state index is 5.20. The van der Waals surface area contributed by atoms with Gasteiger partial charge in [-0.3, -0.25) is 9.88 Å². The third-order valence-electron chi connectivity index (χ3n) is 4.51. The van der Waals surface area contributed by atoms with Crippen LogP contribution in [0.25, 0.3) is 11.0 Å². The minimum atomic E-state index is 0.669. The smallest absolute Gasteiger partial charge is 0.213 e. The number of benzene rings is 1. The molecule has 3 aromatic rings. The van der Waals surface area contributed by atoms with Crippen LogP contribution in [-0.4, -0.2) is 53.1 Å². The number of para-hydroxylation sites is 2. The van der Waals surface area contributed by atoms with Crippen LogP contribution in [0.5, 0.6) is 5.88 Å². The first-order chi connectivity index (χ1) is 12.3. The number of nitrogens with zero attached hydrogens (tertiary/aromatic N) is 5. The molecule has 1 aromatic carbocycles. The fourth-order valence-electron chi connectivity index (χ4n) is 3.12. The third kappa shape index (κ3) is 3.53. The molecule has 0 radical (unpaired) electrons. The van der Waals surface area contributed by atoms with Crippen LogP contribution < -0.4 is 9.64 Å². The van der Waals surface area contributed by atoms with Crippen LogP contribution in [-0.2, 0) is 6.54 Å². The Bertz CT molecular complexity index is 861. The Hall–Kier alpha value is -2.73. The largest absolute Gasteiger partial charge is 0.481 e. The van der Waals surface area contributed by atoms with Gasteiger partial charge in [-0.05, 0) is 18.2 Å². The molecule has 1 aliphatic rings. The van der Waals surface area contributed by atoms with Crippen LogP contribution >= 0.6 is 0 Å². The Balaban J connectivity index is 1.40. The monoisotopic (exact) mass is 335 g/mol. The molecule has 6 nitrogen and oxygen atoms in total. The average molecular weight is 335 g/mol. The van der Waals surface area contributed by atoms with Crippen molar-refractivity contribution in [3.63, 3.8) is 0 Å². The van der Waals surface area contributed by atoms with Gasteiger partial charge in [0.05, 0.1) is 30.0 Å². The van der Waals surface area contributed by atoms with Gasteiger partial charge < -0.3 is 9.64 Å². The second-order valence-corrected chi connectivity index (χ2v) is 6.15. The van der Waals surface area contributed by atoms with Gasteiger partial charge in [0.2, 0.25) is 5.88 Å². The molecule has 3 heterocycles. The molecule has 25 heavy (non-hydrogen) atoms. The van der Waals surface area contributed by atoms with E-state index in [-0.39, 0.29) is 0 Å². The number of fused-ring (bicyclic) bond motifs is 1. The summed E-state index contributed by atoms with van der Waals surface area (Å²) in [6, 6.07) is 13.9. The van der Waals surface area contributed by atoms with Crippen molar-refractivity contribution in [2.24, 2.45) is 0 Å². The first kappa shape index (κ1) is 15.8. The van der Waals surface area contributed by atoms with Gasteiger partial charge in [-0.1, -0.05) is 18.2 Å². The zero-order valence-electron chi connectivity index (χ0n) is 14.3. The number of hydrogen-bond acceptors (Lipinski definition) is 6. The SMILES string of the molecule is COc1cccc(CN2CCN(c3cnc4ccccc4n3)CC2)n1. The summed E-state index contributed by atoms with van der Waals surface area (Å²) in [5.41, 5.74) is 2.93. The molecule has 0 atom stereocenters. The second kappa shape index (κ2) is 7.03. The number of anilines is 1. The van der Waals surface area contributed by atoms with E-state index in [1.54, 1.807) is 7.11 Å². The quantitative estimate of drug-likeness (QED) is 0.729. The highest BCUT2D eigenvalue weighted by molar-refractivity contribution is 5.75. The molecule has 0 aliphatic carbocycles. The van der Waals surface area contributed by atoms with Crippen molar-refractivity contribution in [1.29, 1.82) is 0 Å². The predicted molar refractivity (Wildman–Crippen MR) is 97.8 cm³/mol. The molecule has 6 heteroatoms. The molecule has 0 unspecified atom stereocenters. The standard InChI is InChI=1S/C19H21N5O/c1-25-19-8-4-5-15(21-19)14-23-9-11-24(12-10-23)18-13-20-16-6-2-3-7-17(16)22-18/h2-8,13H,9-12,14H2,1H3. The number of pyridine rings is 1. The molecular formula is C19H21N5O. The van der Waals surface area contributed by atoms with Crippen LogP contribution in [0.3, 0.4) is 0 Å². The van der Waals surface area contributed by atoms with Crippen LogP contribution in [0.2, 0.25) is 0 Å². The highest BCUT2D eigenvalue weighted by Gasteiger charge is 2.19. The molecule has 1 aliphatic heterocycles. The van der Waals surface area contributed by atoms with Crippen molar-refractivity contribution in [1.82, 2.24) is 19.9 Å². The van der Waals surface area contributed by atoms with Gasteiger partial charge in [0.15, 0.2) is 0 Å². The molecule has 4 rings (SSSR count). The molecule has 0 saturated carbocycles. The minimum Gasteiger partial charge on any atom is -0.481 e. The Morgan fingerprint density at radius 2 is 1.72 bits per heavy atom. The lowest BCUT2D eigenvalue weighted by atomic mass is 10.2. The lowest BCUT2D eigenvalue weighted by Gasteiger charge is -2.35. The zero-order valence-corrected chi connectivity index (χ0v) is 14.3. The van der Waals surface area contributed by atoms with Crippen LogP contribution in [0.4, 0.5) is 5.82 Å². The maximum absolute atomic E-state index is 5.20. The molecule has 0 spiro atoms. The van der Waals surface area contributed by atoms with E-state index in [2.05, 4.69) is 19.8 Å². The number of methoxy groups -OCH3 is 1. The van der Waals surface area contributed by atoms with E-state index < -0.39 is 0 Å². The molecule has 0 N–H and O–H groups in total. The van der Waals surface area contributed by atoms with Gasteiger partial charge >= 0.3 is 0 Å². The van der Waals surface area contributed by atoms with Crippen molar-refractivity contribution in [3.05, 3.63) is 54.4 Å². The maximum Gasteiger partial charge on any atom is 0.213 e. The van der Waals surface area contributed by atoms with Gasteiger partial charge in [-0.25, -0.2) is 9.97 Å². The third-order valence-corrected chi connectivity index (χ3v) is 4.51. The lowest BCUT2D eigenvalue weighted by Crippen LogP contribution is -2.46. The predicted octanol–water partition coefficient (Wildman–Crippen LogP) is 2.36. The number of piperazine rings is 1. The normalized spacial score (nSPS) is 15.5. The van der Waals surface area contributed by atoms with Crippen LogP contribution in [0.1, 0.15) is 5.69 Å². The van der Waals surface area contributed by atoms with Gasteiger partial charge in [-0.15, -0.1) is 0 Å².